The van der Waals surface area contributed by atoms with Gasteiger partial charge in [-0.25, -0.2) is 0 Å². The molecule has 3 saturated carbocycles. The van der Waals surface area contributed by atoms with Gasteiger partial charge in [-0.1, -0.05) is 80.9 Å². The van der Waals surface area contributed by atoms with E-state index in [1.54, 1.807) is 0 Å². The smallest absolute Gasteiger partial charge is 0.190 e. The van der Waals surface area contributed by atoms with Gasteiger partial charge < -0.3 is 9.47 Å². The zero-order chi connectivity index (χ0) is 19.2. The van der Waals surface area contributed by atoms with E-state index in [9.17, 15) is 0 Å². The molecule has 0 aromatic heterocycles. The largest absolute Gasteiger partial charge is 0.348 e. The van der Waals surface area contributed by atoms with Gasteiger partial charge in [0.05, 0.1) is 10.8 Å². The van der Waals surface area contributed by atoms with Crippen molar-refractivity contribution >= 4 is 0 Å². The lowest BCUT2D eigenvalue weighted by atomic mass is 9.54. The summed E-state index contributed by atoms with van der Waals surface area (Å²) < 4.78 is 13.6. The quantitative estimate of drug-likeness (QED) is 0.538. The minimum atomic E-state index is -0.523. The van der Waals surface area contributed by atoms with Gasteiger partial charge in [0.25, 0.3) is 0 Å². The van der Waals surface area contributed by atoms with Gasteiger partial charge in [-0.15, -0.1) is 0 Å². The molecule has 0 bridgehead atoms. The first kappa shape index (κ1) is 18.4. The zero-order valence-corrected chi connectivity index (χ0v) is 17.2. The van der Waals surface area contributed by atoms with Crippen LogP contribution in [0.1, 0.15) is 57.1 Å². The summed E-state index contributed by atoms with van der Waals surface area (Å²) in [5.41, 5.74) is 2.73. The van der Waals surface area contributed by atoms with Gasteiger partial charge in [0.1, 0.15) is 0 Å². The molecule has 0 radical (unpaired) electrons. The zero-order valence-electron chi connectivity index (χ0n) is 17.2. The summed E-state index contributed by atoms with van der Waals surface area (Å²) in [6.07, 6.45) is 5.95. The van der Waals surface area contributed by atoms with E-state index in [4.69, 9.17) is 9.47 Å². The van der Waals surface area contributed by atoms with Crippen molar-refractivity contribution in [3.63, 3.8) is 0 Å². The topological polar surface area (TPSA) is 18.5 Å². The summed E-state index contributed by atoms with van der Waals surface area (Å²) in [5.74, 6) is 0.789. The van der Waals surface area contributed by atoms with Gasteiger partial charge in [0.2, 0.25) is 0 Å². The second kappa shape index (κ2) is 6.71. The van der Waals surface area contributed by atoms with E-state index < -0.39 is 5.79 Å². The summed E-state index contributed by atoms with van der Waals surface area (Å²) in [7, 11) is 0. The number of ether oxygens (including phenoxy) is 2. The van der Waals surface area contributed by atoms with Gasteiger partial charge in [-0.3, -0.25) is 0 Å². The molecule has 0 heterocycles. The maximum absolute atomic E-state index is 6.81. The molecule has 0 amide bonds. The standard InChI is InChI=1S/C26H32O2/c1-3-18-27-26(28-19-4-2)24(20-12-7-5-8-13-20)22-16-11-17-23(22)25(24,26)21-14-9-6-10-15-21/h5-10,12-15,22-23H,3-4,11,16-19H2,1-2H3/t22-,23+,24-,25+. The molecule has 0 saturated heterocycles. The van der Waals surface area contributed by atoms with Crippen LogP contribution in [0.2, 0.25) is 0 Å². The van der Waals surface area contributed by atoms with E-state index in [1.807, 2.05) is 0 Å². The van der Waals surface area contributed by atoms with Crippen LogP contribution in [0.25, 0.3) is 0 Å². The fourth-order valence-electron chi connectivity index (χ4n) is 7.18. The lowest BCUT2D eigenvalue weighted by Gasteiger charge is -2.46. The normalized spacial score (nSPS) is 34.4. The van der Waals surface area contributed by atoms with Crippen molar-refractivity contribution in [1.29, 1.82) is 0 Å². The van der Waals surface area contributed by atoms with Crippen molar-refractivity contribution in [2.75, 3.05) is 13.2 Å². The molecule has 2 heteroatoms. The van der Waals surface area contributed by atoms with Crippen LogP contribution in [0.4, 0.5) is 0 Å². The van der Waals surface area contributed by atoms with Gasteiger partial charge in [-0.2, -0.15) is 0 Å². The monoisotopic (exact) mass is 376 g/mol. The fourth-order valence-corrected chi connectivity index (χ4v) is 7.18. The Balaban J connectivity index is 1.74. The average Bonchev–Trinajstić information content (AvgIpc) is 2.95. The highest BCUT2D eigenvalue weighted by molar-refractivity contribution is 5.66. The van der Waals surface area contributed by atoms with Crippen LogP contribution in [0.15, 0.2) is 60.7 Å². The molecule has 3 aliphatic rings. The van der Waals surface area contributed by atoms with Crippen molar-refractivity contribution in [1.82, 2.24) is 0 Å². The number of rotatable bonds is 8. The number of hydrogen-bond acceptors (Lipinski definition) is 2. The van der Waals surface area contributed by atoms with Gasteiger partial charge in [0, 0.05) is 13.2 Å². The summed E-state index contributed by atoms with van der Waals surface area (Å²) in [6, 6.07) is 22.3. The van der Waals surface area contributed by atoms with Crippen molar-refractivity contribution in [3.05, 3.63) is 71.8 Å². The number of hydrogen-bond donors (Lipinski definition) is 0. The summed E-state index contributed by atoms with van der Waals surface area (Å²) >= 11 is 0. The molecule has 0 N–H and O–H groups in total. The molecule has 148 valence electrons. The van der Waals surface area contributed by atoms with Crippen LogP contribution >= 0.6 is 0 Å². The Bertz CT molecular complexity index is 747. The van der Waals surface area contributed by atoms with Crippen molar-refractivity contribution in [2.45, 2.75) is 62.6 Å². The lowest BCUT2D eigenvalue weighted by Crippen LogP contribution is -2.49. The fraction of sp³-hybridized carbons (Fsp3) is 0.538. The number of benzene rings is 2. The van der Waals surface area contributed by atoms with E-state index in [0.29, 0.717) is 11.8 Å². The minimum Gasteiger partial charge on any atom is -0.348 e. The third-order valence-electron chi connectivity index (χ3n) is 7.70. The van der Waals surface area contributed by atoms with E-state index >= 15 is 0 Å². The Morgan fingerprint density at radius 3 is 1.54 bits per heavy atom. The summed E-state index contributed by atoms with van der Waals surface area (Å²) in [4.78, 5) is 0. The summed E-state index contributed by atoms with van der Waals surface area (Å²) in [5, 5.41) is 0. The van der Waals surface area contributed by atoms with Gasteiger partial charge >= 0.3 is 0 Å². The first-order valence-corrected chi connectivity index (χ1v) is 11.2. The minimum absolute atomic E-state index is 0.0475. The molecule has 0 unspecified atom stereocenters. The molecule has 5 rings (SSSR count). The Labute approximate surface area is 169 Å². The molecule has 2 aromatic rings. The Hall–Kier alpha value is -1.64. The van der Waals surface area contributed by atoms with E-state index in [2.05, 4.69) is 74.5 Å². The predicted octanol–water partition coefficient (Wildman–Crippen LogP) is 5.86. The highest BCUT2D eigenvalue weighted by atomic mass is 16.7. The highest BCUT2D eigenvalue weighted by Crippen LogP contribution is 2.92. The van der Waals surface area contributed by atoms with Gasteiger partial charge in [0.15, 0.2) is 5.79 Å². The van der Waals surface area contributed by atoms with Crippen molar-refractivity contribution < 1.29 is 9.47 Å². The molecule has 0 spiro atoms. The first-order valence-electron chi connectivity index (χ1n) is 11.2. The maximum atomic E-state index is 6.81. The van der Waals surface area contributed by atoms with Crippen LogP contribution in [-0.2, 0) is 20.3 Å². The summed E-state index contributed by atoms with van der Waals surface area (Å²) in [6.45, 7) is 5.91. The Kier molecular flexibility index (Phi) is 4.41. The van der Waals surface area contributed by atoms with Crippen LogP contribution in [0.5, 0.6) is 0 Å². The molecule has 0 aliphatic heterocycles. The highest BCUT2D eigenvalue weighted by Gasteiger charge is 3.02. The predicted molar refractivity (Wildman–Crippen MR) is 112 cm³/mol. The second-order valence-corrected chi connectivity index (χ2v) is 8.81. The van der Waals surface area contributed by atoms with Crippen molar-refractivity contribution in [2.24, 2.45) is 11.8 Å². The molecular formula is C26H32O2. The molecule has 4 atom stereocenters. The van der Waals surface area contributed by atoms with E-state index in [-0.39, 0.29) is 10.8 Å². The van der Waals surface area contributed by atoms with Crippen LogP contribution in [-0.4, -0.2) is 19.0 Å². The Morgan fingerprint density at radius 1 is 0.714 bits per heavy atom. The molecule has 3 aliphatic carbocycles. The first-order chi connectivity index (χ1) is 13.8. The number of fused-ring (bicyclic) bond motifs is 4. The lowest BCUT2D eigenvalue weighted by molar-refractivity contribution is -0.188. The van der Waals surface area contributed by atoms with Gasteiger partial charge in [-0.05, 0) is 48.6 Å². The molecule has 3 fully saturated rings. The third kappa shape index (κ3) is 1.91. The third-order valence-corrected chi connectivity index (χ3v) is 7.70. The Morgan fingerprint density at radius 2 is 1.14 bits per heavy atom. The maximum Gasteiger partial charge on any atom is 0.190 e. The van der Waals surface area contributed by atoms with Crippen LogP contribution in [0.3, 0.4) is 0 Å². The van der Waals surface area contributed by atoms with Crippen LogP contribution < -0.4 is 0 Å². The van der Waals surface area contributed by atoms with Crippen molar-refractivity contribution in [3.8, 4) is 0 Å². The SMILES string of the molecule is CCCOC1(OCCC)[C@]2(c3ccccc3)[C@@H]3CCC[C@@H]3[C@]12c1ccccc1. The van der Waals surface area contributed by atoms with E-state index in [0.717, 1.165) is 26.1 Å². The van der Waals surface area contributed by atoms with Crippen LogP contribution in [0, 0.1) is 11.8 Å². The molecular weight excluding hydrogens is 344 g/mol. The van der Waals surface area contributed by atoms with E-state index in [1.165, 1.54) is 30.4 Å². The average molecular weight is 377 g/mol. The molecule has 2 aromatic carbocycles. The molecule has 28 heavy (non-hydrogen) atoms. The second-order valence-electron chi connectivity index (χ2n) is 8.81. The molecule has 2 nitrogen and oxygen atoms in total.